The van der Waals surface area contributed by atoms with Crippen LogP contribution in [0.25, 0.3) is 10.8 Å². The van der Waals surface area contributed by atoms with Crippen molar-refractivity contribution in [1.29, 1.82) is 0 Å². The minimum atomic E-state index is -3.50. The van der Waals surface area contributed by atoms with E-state index in [9.17, 15) is 27.6 Å². The van der Waals surface area contributed by atoms with Crippen molar-refractivity contribution in [2.24, 2.45) is 0 Å². The van der Waals surface area contributed by atoms with Gasteiger partial charge in [-0.05, 0) is 35.4 Å². The van der Waals surface area contributed by atoms with Gasteiger partial charge in [0.05, 0.1) is 16.9 Å². The van der Waals surface area contributed by atoms with Crippen molar-refractivity contribution in [2.75, 3.05) is 18.6 Å². The molecule has 1 aliphatic heterocycles. The summed E-state index contributed by atoms with van der Waals surface area (Å²) < 4.78 is 28.6. The Balaban J connectivity index is 1.53. The average molecular weight is 480 g/mol. The number of amides is 2. The molecule has 0 spiro atoms. The summed E-state index contributed by atoms with van der Waals surface area (Å²) in [6.07, 6.45) is 0.647. The van der Waals surface area contributed by atoms with Gasteiger partial charge in [-0.3, -0.25) is 19.3 Å². The van der Waals surface area contributed by atoms with Crippen molar-refractivity contribution in [3.8, 4) is 0 Å². The lowest BCUT2D eigenvalue weighted by Crippen LogP contribution is -2.46. The first-order chi connectivity index (χ1) is 16.2. The summed E-state index contributed by atoms with van der Waals surface area (Å²) in [5, 5.41) is 1.79. The number of hydrogen-bond donors (Lipinski definition) is 0. The van der Waals surface area contributed by atoms with Crippen molar-refractivity contribution in [3.05, 3.63) is 83.4 Å². The van der Waals surface area contributed by atoms with Gasteiger partial charge < -0.3 is 4.74 Å². The van der Waals surface area contributed by atoms with E-state index in [-0.39, 0.29) is 17.5 Å². The predicted octanol–water partition coefficient (Wildman–Crippen LogP) is 2.67. The fraction of sp³-hybridized carbons (Fsp3) is 0.200. The van der Waals surface area contributed by atoms with Crippen LogP contribution in [0.5, 0.6) is 0 Å². The number of imide groups is 1. The van der Waals surface area contributed by atoms with E-state index in [4.69, 9.17) is 4.74 Å². The van der Waals surface area contributed by atoms with Gasteiger partial charge in [-0.15, -0.1) is 0 Å². The van der Waals surface area contributed by atoms with E-state index in [1.165, 1.54) is 12.1 Å². The summed E-state index contributed by atoms with van der Waals surface area (Å²) in [5.41, 5.74) is 0.578. The molecule has 0 aromatic heterocycles. The van der Waals surface area contributed by atoms with Crippen LogP contribution in [0.1, 0.15) is 37.5 Å². The molecule has 4 rings (SSSR count). The third kappa shape index (κ3) is 4.74. The van der Waals surface area contributed by atoms with Crippen LogP contribution in [0, 0.1) is 0 Å². The number of rotatable bonds is 8. The van der Waals surface area contributed by atoms with E-state index in [2.05, 4.69) is 0 Å². The van der Waals surface area contributed by atoms with Crippen molar-refractivity contribution in [2.45, 2.75) is 12.5 Å². The van der Waals surface area contributed by atoms with Gasteiger partial charge in [-0.25, -0.2) is 13.2 Å². The van der Waals surface area contributed by atoms with E-state index in [0.29, 0.717) is 5.56 Å². The summed E-state index contributed by atoms with van der Waals surface area (Å²) in [5.74, 6) is -3.36. The predicted molar refractivity (Wildman–Crippen MR) is 124 cm³/mol. The molecule has 0 saturated heterocycles. The largest absolute Gasteiger partial charge is 0.456 e. The average Bonchev–Trinajstić information content (AvgIpc) is 3.07. The van der Waals surface area contributed by atoms with Crippen LogP contribution in [0.3, 0.4) is 0 Å². The van der Waals surface area contributed by atoms with Gasteiger partial charge in [-0.2, -0.15) is 0 Å². The Morgan fingerprint density at radius 1 is 0.882 bits per heavy atom. The SMILES string of the molecule is CS(=O)(=O)CCC(C(=O)OCC(=O)c1ccc2ccccc2c1)N1C(=O)c2ccccc2C1=O. The number of hydrogen-bond acceptors (Lipinski definition) is 7. The van der Waals surface area contributed by atoms with Crippen LogP contribution in [-0.2, 0) is 19.4 Å². The zero-order chi connectivity index (χ0) is 24.5. The van der Waals surface area contributed by atoms with Crippen molar-refractivity contribution in [3.63, 3.8) is 0 Å². The molecule has 0 N–H and O–H groups in total. The highest BCUT2D eigenvalue weighted by Crippen LogP contribution is 2.26. The molecular weight excluding hydrogens is 458 g/mol. The van der Waals surface area contributed by atoms with E-state index in [0.717, 1.165) is 21.9 Å². The van der Waals surface area contributed by atoms with Gasteiger partial charge in [0.15, 0.2) is 12.4 Å². The summed E-state index contributed by atoms with van der Waals surface area (Å²) in [6, 6.07) is 17.1. The molecule has 1 unspecified atom stereocenters. The summed E-state index contributed by atoms with van der Waals surface area (Å²) in [7, 11) is -3.50. The normalized spacial score (nSPS) is 14.2. The molecule has 0 radical (unpaired) electrons. The topological polar surface area (TPSA) is 115 Å². The molecule has 3 aromatic carbocycles. The van der Waals surface area contributed by atoms with E-state index < -0.39 is 51.8 Å². The number of ketones is 1. The molecule has 2 amide bonds. The van der Waals surface area contributed by atoms with E-state index in [1.807, 2.05) is 24.3 Å². The zero-order valence-corrected chi connectivity index (χ0v) is 19.1. The van der Waals surface area contributed by atoms with Gasteiger partial charge in [-0.1, -0.05) is 48.5 Å². The molecule has 3 aromatic rings. The fourth-order valence-corrected chi connectivity index (χ4v) is 4.50. The maximum Gasteiger partial charge on any atom is 0.329 e. The smallest absolute Gasteiger partial charge is 0.329 e. The Bertz CT molecular complexity index is 1390. The lowest BCUT2D eigenvalue weighted by atomic mass is 10.0. The summed E-state index contributed by atoms with van der Waals surface area (Å²) in [4.78, 5) is 52.0. The number of fused-ring (bicyclic) bond motifs is 2. The van der Waals surface area contributed by atoms with Crippen molar-refractivity contribution < 1.29 is 32.3 Å². The first kappa shape index (κ1) is 23.3. The Kier molecular flexibility index (Phi) is 6.30. The first-order valence-electron chi connectivity index (χ1n) is 10.5. The van der Waals surface area contributed by atoms with Crippen LogP contribution < -0.4 is 0 Å². The maximum absolute atomic E-state index is 12.9. The van der Waals surface area contributed by atoms with Crippen molar-refractivity contribution in [1.82, 2.24) is 4.90 Å². The highest BCUT2D eigenvalue weighted by Gasteiger charge is 2.43. The number of sulfone groups is 1. The Hall–Kier alpha value is -3.85. The molecule has 34 heavy (non-hydrogen) atoms. The van der Waals surface area contributed by atoms with Crippen molar-refractivity contribution >= 4 is 44.2 Å². The maximum atomic E-state index is 12.9. The Labute approximate surface area is 196 Å². The van der Waals surface area contributed by atoms with Crippen LogP contribution >= 0.6 is 0 Å². The van der Waals surface area contributed by atoms with Gasteiger partial charge in [0.1, 0.15) is 15.9 Å². The Morgan fingerprint density at radius 2 is 1.47 bits per heavy atom. The molecule has 1 atom stereocenters. The molecule has 0 fully saturated rings. The second-order valence-corrected chi connectivity index (χ2v) is 10.3. The van der Waals surface area contributed by atoms with Crippen LogP contribution in [-0.4, -0.2) is 61.5 Å². The number of carbonyl (C=O) groups is 4. The molecule has 0 bridgehead atoms. The standard InChI is InChI=1S/C25H21NO7S/c1-34(31,32)13-12-21(26-23(28)19-8-4-5-9-20(19)24(26)29)25(30)33-15-22(27)18-11-10-16-6-2-3-7-17(16)14-18/h2-11,14,21H,12-13,15H2,1H3. The van der Waals surface area contributed by atoms with Crippen LogP contribution in [0.2, 0.25) is 0 Å². The molecule has 9 heteroatoms. The van der Waals surface area contributed by atoms with Gasteiger partial charge in [0.2, 0.25) is 0 Å². The highest BCUT2D eigenvalue weighted by molar-refractivity contribution is 7.90. The molecule has 1 aliphatic rings. The van der Waals surface area contributed by atoms with Crippen LogP contribution in [0.15, 0.2) is 66.7 Å². The van der Waals surface area contributed by atoms with E-state index >= 15 is 0 Å². The molecule has 8 nitrogen and oxygen atoms in total. The molecule has 174 valence electrons. The van der Waals surface area contributed by atoms with Gasteiger partial charge in [0, 0.05) is 11.8 Å². The number of Topliss-reactive ketones (excluding diaryl/α,β-unsaturated/α-hetero) is 1. The lowest BCUT2D eigenvalue weighted by Gasteiger charge is -2.24. The quantitative estimate of drug-likeness (QED) is 0.277. The first-order valence-corrected chi connectivity index (χ1v) is 12.5. The minimum absolute atomic E-state index is 0.122. The molecule has 0 aliphatic carbocycles. The second-order valence-electron chi connectivity index (χ2n) is 8.05. The fourth-order valence-electron chi connectivity index (χ4n) is 3.85. The third-order valence-corrected chi connectivity index (χ3v) is 6.57. The second kappa shape index (κ2) is 9.18. The number of ether oxygens (including phenoxy) is 1. The van der Waals surface area contributed by atoms with E-state index in [1.54, 1.807) is 30.3 Å². The molecular formula is C25H21NO7S. The zero-order valence-electron chi connectivity index (χ0n) is 18.3. The van der Waals surface area contributed by atoms with Gasteiger partial charge in [0.25, 0.3) is 11.8 Å². The van der Waals surface area contributed by atoms with Gasteiger partial charge >= 0.3 is 5.97 Å². The number of carbonyl (C=O) groups excluding carboxylic acids is 4. The third-order valence-electron chi connectivity index (χ3n) is 5.59. The molecule has 1 heterocycles. The number of nitrogens with zero attached hydrogens (tertiary/aromatic N) is 1. The number of esters is 1. The summed E-state index contributed by atoms with van der Waals surface area (Å²) in [6.45, 7) is -0.615. The lowest BCUT2D eigenvalue weighted by molar-refractivity contribution is -0.147. The summed E-state index contributed by atoms with van der Waals surface area (Å²) >= 11 is 0. The number of benzene rings is 3. The highest BCUT2D eigenvalue weighted by atomic mass is 32.2. The monoisotopic (exact) mass is 479 g/mol. The molecule has 0 saturated carbocycles. The Morgan fingerprint density at radius 3 is 2.09 bits per heavy atom. The van der Waals surface area contributed by atoms with Crippen LogP contribution in [0.4, 0.5) is 0 Å². The minimum Gasteiger partial charge on any atom is -0.456 e.